The van der Waals surface area contributed by atoms with Crippen LogP contribution in [0.5, 0.6) is 0 Å². The summed E-state index contributed by atoms with van der Waals surface area (Å²) >= 11 is 0. The maximum absolute atomic E-state index is 12.8. The van der Waals surface area contributed by atoms with Crippen LogP contribution < -0.4 is 10.6 Å². The zero-order valence-electron chi connectivity index (χ0n) is 18.1. The van der Waals surface area contributed by atoms with Crippen LogP contribution in [0.4, 0.5) is 5.69 Å². The summed E-state index contributed by atoms with van der Waals surface area (Å²) in [5.41, 5.74) is 4.06. The van der Waals surface area contributed by atoms with Gasteiger partial charge in [-0.1, -0.05) is 18.7 Å². The van der Waals surface area contributed by atoms with Crippen molar-refractivity contribution < 1.29 is 4.79 Å². The van der Waals surface area contributed by atoms with E-state index in [1.165, 1.54) is 0 Å². The summed E-state index contributed by atoms with van der Waals surface area (Å²) in [4.78, 5) is 24.2. The van der Waals surface area contributed by atoms with Gasteiger partial charge in [0.15, 0.2) is 0 Å². The van der Waals surface area contributed by atoms with Gasteiger partial charge in [0.05, 0.1) is 17.3 Å². The molecule has 1 amide bonds. The number of aromatic nitrogens is 2. The summed E-state index contributed by atoms with van der Waals surface area (Å²) in [6.45, 7) is 6.05. The Bertz CT molecular complexity index is 1190. The first-order chi connectivity index (χ1) is 15.5. The van der Waals surface area contributed by atoms with Crippen LogP contribution >= 0.6 is 0 Å². The second-order valence-electron chi connectivity index (χ2n) is 8.12. The molecule has 2 aromatic heterocycles. The minimum Gasteiger partial charge on any atom is -0.380 e. The smallest absolute Gasteiger partial charge is 0.270 e. The fraction of sp³-hybridized carbons (Fsp3) is 0.280. The molecule has 4 rings (SSSR count). The van der Waals surface area contributed by atoms with Crippen LogP contribution in [0.1, 0.15) is 23.3 Å². The zero-order chi connectivity index (χ0) is 22.5. The number of nitriles is 1. The Balaban J connectivity index is 1.57. The third-order valence-electron chi connectivity index (χ3n) is 5.71. The second-order valence-corrected chi connectivity index (χ2v) is 8.12. The maximum atomic E-state index is 12.8. The van der Waals surface area contributed by atoms with E-state index in [1.54, 1.807) is 12.3 Å². The van der Waals surface area contributed by atoms with Gasteiger partial charge in [0.2, 0.25) is 0 Å². The standard InChI is InChI=1S/C25H26N6O/c1-17(14-26)15-27-22-6-4-7-23-20(22)13-18(16-28-23)21-5-3-8-24(30-21)25(32)29-19-9-11-31(2)12-10-19/h3-8,13,16,19,27H,1,9-12,15H2,2H3,(H,29,32). The van der Waals surface area contributed by atoms with E-state index in [-0.39, 0.29) is 11.9 Å². The zero-order valence-corrected chi connectivity index (χ0v) is 18.1. The van der Waals surface area contributed by atoms with Crippen LogP contribution in [-0.2, 0) is 0 Å². The van der Waals surface area contributed by atoms with Gasteiger partial charge in [0.1, 0.15) is 5.69 Å². The first-order valence-corrected chi connectivity index (χ1v) is 10.7. The molecular weight excluding hydrogens is 400 g/mol. The molecule has 2 N–H and O–H groups in total. The number of anilines is 1. The molecule has 7 nitrogen and oxygen atoms in total. The number of nitrogens with zero attached hydrogens (tertiary/aromatic N) is 4. The van der Waals surface area contributed by atoms with Crippen LogP contribution in [0, 0.1) is 11.3 Å². The quantitative estimate of drug-likeness (QED) is 0.585. The highest BCUT2D eigenvalue weighted by atomic mass is 16.1. The number of piperidine rings is 1. The fourth-order valence-corrected chi connectivity index (χ4v) is 3.82. The van der Waals surface area contributed by atoms with E-state index < -0.39 is 0 Å². The van der Waals surface area contributed by atoms with E-state index in [0.717, 1.165) is 48.1 Å². The number of fused-ring (bicyclic) bond motifs is 1. The highest BCUT2D eigenvalue weighted by molar-refractivity contribution is 5.95. The van der Waals surface area contributed by atoms with Crippen molar-refractivity contribution in [3.05, 3.63) is 66.5 Å². The summed E-state index contributed by atoms with van der Waals surface area (Å²) in [6, 6.07) is 15.5. The second kappa shape index (κ2) is 9.58. The SMILES string of the molecule is C=C(C#N)CNc1cccc2ncc(-c3cccc(C(=O)NC4CCN(C)CC4)n3)cc12. The first kappa shape index (κ1) is 21.5. The van der Waals surface area contributed by atoms with Crippen molar-refractivity contribution in [1.82, 2.24) is 20.2 Å². The number of amides is 1. The summed E-state index contributed by atoms with van der Waals surface area (Å²) in [5, 5.41) is 16.2. The lowest BCUT2D eigenvalue weighted by Gasteiger charge is -2.29. The summed E-state index contributed by atoms with van der Waals surface area (Å²) in [7, 11) is 2.10. The van der Waals surface area contributed by atoms with E-state index in [9.17, 15) is 4.79 Å². The van der Waals surface area contributed by atoms with Crippen molar-refractivity contribution in [3.63, 3.8) is 0 Å². The Morgan fingerprint density at radius 1 is 1.25 bits per heavy atom. The van der Waals surface area contributed by atoms with Crippen LogP contribution in [0.25, 0.3) is 22.2 Å². The molecule has 1 saturated heterocycles. The molecule has 1 aromatic carbocycles. The molecule has 1 aliphatic rings. The van der Waals surface area contributed by atoms with Crippen molar-refractivity contribution in [2.24, 2.45) is 0 Å². The highest BCUT2D eigenvalue weighted by Crippen LogP contribution is 2.27. The lowest BCUT2D eigenvalue weighted by Crippen LogP contribution is -2.43. The van der Waals surface area contributed by atoms with Gasteiger partial charge in [0.25, 0.3) is 5.91 Å². The molecule has 0 aliphatic carbocycles. The van der Waals surface area contributed by atoms with E-state index in [4.69, 9.17) is 5.26 Å². The molecule has 1 fully saturated rings. The molecule has 0 unspecified atom stereocenters. The lowest BCUT2D eigenvalue weighted by molar-refractivity contribution is 0.0912. The number of carbonyl (C=O) groups is 1. The fourth-order valence-electron chi connectivity index (χ4n) is 3.82. The number of carbonyl (C=O) groups excluding carboxylic acids is 1. The average Bonchev–Trinajstić information content (AvgIpc) is 2.83. The Kier molecular flexibility index (Phi) is 6.43. The Morgan fingerprint density at radius 3 is 2.81 bits per heavy atom. The van der Waals surface area contributed by atoms with Crippen LogP contribution in [-0.4, -0.2) is 53.5 Å². The number of hydrogen-bond donors (Lipinski definition) is 2. The Hall–Kier alpha value is -3.76. The van der Waals surface area contributed by atoms with Crippen molar-refractivity contribution >= 4 is 22.5 Å². The Morgan fingerprint density at radius 2 is 2.03 bits per heavy atom. The topological polar surface area (TPSA) is 93.9 Å². The van der Waals surface area contributed by atoms with Gasteiger partial charge in [-0.15, -0.1) is 0 Å². The molecule has 0 atom stereocenters. The molecule has 3 heterocycles. The molecule has 1 aliphatic heterocycles. The summed E-state index contributed by atoms with van der Waals surface area (Å²) in [5.74, 6) is -0.146. The molecule has 0 radical (unpaired) electrons. The van der Waals surface area contributed by atoms with E-state index in [2.05, 4.69) is 39.1 Å². The van der Waals surface area contributed by atoms with Crippen LogP contribution in [0.15, 0.2) is 60.8 Å². The van der Waals surface area contributed by atoms with Crippen LogP contribution in [0.2, 0.25) is 0 Å². The van der Waals surface area contributed by atoms with E-state index in [1.807, 2.05) is 42.5 Å². The molecule has 32 heavy (non-hydrogen) atoms. The van der Waals surface area contributed by atoms with Crippen molar-refractivity contribution in [1.29, 1.82) is 5.26 Å². The molecule has 0 saturated carbocycles. The number of hydrogen-bond acceptors (Lipinski definition) is 6. The van der Waals surface area contributed by atoms with Gasteiger partial charge >= 0.3 is 0 Å². The minimum absolute atomic E-state index is 0.146. The number of nitrogens with one attached hydrogen (secondary N) is 2. The normalized spacial score (nSPS) is 14.6. The lowest BCUT2D eigenvalue weighted by atomic mass is 10.1. The molecule has 0 spiro atoms. The minimum atomic E-state index is -0.146. The molecular formula is C25H26N6O. The molecule has 7 heteroatoms. The van der Waals surface area contributed by atoms with Crippen molar-refractivity contribution in [3.8, 4) is 17.3 Å². The van der Waals surface area contributed by atoms with Gasteiger partial charge in [-0.2, -0.15) is 5.26 Å². The van der Waals surface area contributed by atoms with Gasteiger partial charge in [-0.3, -0.25) is 9.78 Å². The van der Waals surface area contributed by atoms with Gasteiger partial charge in [0, 0.05) is 41.0 Å². The molecule has 3 aromatic rings. The monoisotopic (exact) mass is 426 g/mol. The summed E-state index contributed by atoms with van der Waals surface area (Å²) in [6.07, 6.45) is 3.66. The van der Waals surface area contributed by atoms with Gasteiger partial charge in [-0.05, 0) is 63.3 Å². The van der Waals surface area contributed by atoms with E-state index >= 15 is 0 Å². The average molecular weight is 427 g/mol. The van der Waals surface area contributed by atoms with Gasteiger partial charge < -0.3 is 15.5 Å². The third-order valence-corrected chi connectivity index (χ3v) is 5.71. The number of pyridine rings is 2. The highest BCUT2D eigenvalue weighted by Gasteiger charge is 2.20. The van der Waals surface area contributed by atoms with Crippen LogP contribution in [0.3, 0.4) is 0 Å². The Labute approximate surface area is 187 Å². The maximum Gasteiger partial charge on any atom is 0.270 e. The third kappa shape index (κ3) is 4.93. The number of rotatable bonds is 6. The largest absolute Gasteiger partial charge is 0.380 e. The molecule has 0 bridgehead atoms. The van der Waals surface area contributed by atoms with Crippen molar-refractivity contribution in [2.75, 3.05) is 32.0 Å². The van der Waals surface area contributed by atoms with E-state index in [0.29, 0.717) is 23.5 Å². The number of likely N-dealkylation sites (tertiary alicyclic amines) is 1. The number of benzene rings is 1. The predicted octanol–water partition coefficient (Wildman–Crippen LogP) is 3.61. The first-order valence-electron chi connectivity index (χ1n) is 10.7. The van der Waals surface area contributed by atoms with Gasteiger partial charge in [-0.25, -0.2) is 4.98 Å². The predicted molar refractivity (Wildman–Crippen MR) is 126 cm³/mol. The summed E-state index contributed by atoms with van der Waals surface area (Å²) < 4.78 is 0. The molecule has 162 valence electrons. The van der Waals surface area contributed by atoms with Crippen molar-refractivity contribution in [2.45, 2.75) is 18.9 Å².